The molecule has 2 aromatic rings. The van der Waals surface area contributed by atoms with Gasteiger partial charge in [0.15, 0.2) is 17.3 Å². The van der Waals surface area contributed by atoms with Gasteiger partial charge in [-0.1, -0.05) is 12.1 Å². The predicted molar refractivity (Wildman–Crippen MR) is 132 cm³/mol. The number of rotatable bonds is 6. The third-order valence-electron chi connectivity index (χ3n) is 5.47. The highest BCUT2D eigenvalue weighted by molar-refractivity contribution is 6.13. The molecule has 3 aliphatic rings. The molecule has 2 aromatic carbocycles. The molecular formula is C25H23N7O4. The first-order chi connectivity index (χ1) is 17.5. The van der Waals surface area contributed by atoms with Crippen molar-refractivity contribution in [3.8, 4) is 23.3 Å². The van der Waals surface area contributed by atoms with Crippen molar-refractivity contribution >= 4 is 23.6 Å². The Morgan fingerprint density at radius 2 is 2.00 bits per heavy atom. The Balaban J connectivity index is 1.48. The molecule has 36 heavy (non-hydrogen) atoms. The van der Waals surface area contributed by atoms with E-state index >= 15 is 0 Å². The Hall–Kier alpha value is -4.85. The van der Waals surface area contributed by atoms with Crippen LogP contribution in [-0.2, 0) is 4.79 Å². The maximum absolute atomic E-state index is 12.0. The molecule has 1 amide bonds. The van der Waals surface area contributed by atoms with Gasteiger partial charge in [-0.15, -0.1) is 0 Å². The van der Waals surface area contributed by atoms with Crippen molar-refractivity contribution in [2.45, 2.75) is 6.92 Å². The summed E-state index contributed by atoms with van der Waals surface area (Å²) < 4.78 is 17.7. The Kier molecular flexibility index (Phi) is 6.23. The lowest BCUT2D eigenvalue weighted by Crippen LogP contribution is -2.48. The quantitative estimate of drug-likeness (QED) is 0.637. The lowest BCUT2D eigenvalue weighted by atomic mass is 10.2. The summed E-state index contributed by atoms with van der Waals surface area (Å²) in [5.74, 6) is 2.21. The van der Waals surface area contributed by atoms with Crippen molar-refractivity contribution in [1.29, 1.82) is 5.26 Å². The van der Waals surface area contributed by atoms with E-state index in [4.69, 9.17) is 14.2 Å². The van der Waals surface area contributed by atoms with Crippen molar-refractivity contribution in [2.24, 2.45) is 15.0 Å². The first-order valence-electron chi connectivity index (χ1n) is 11.4. The van der Waals surface area contributed by atoms with Crippen LogP contribution in [0, 0.1) is 11.3 Å². The van der Waals surface area contributed by atoms with Crippen LogP contribution in [-0.4, -0.2) is 61.8 Å². The molecule has 0 radical (unpaired) electrons. The molecule has 11 nitrogen and oxygen atoms in total. The van der Waals surface area contributed by atoms with Crippen molar-refractivity contribution in [1.82, 2.24) is 15.5 Å². The number of hydrogen-bond donors (Lipinski definition) is 2. The zero-order chi connectivity index (χ0) is 25.1. The van der Waals surface area contributed by atoms with Crippen LogP contribution in [0.3, 0.4) is 0 Å². The topological polar surface area (TPSA) is 133 Å². The number of amidine groups is 3. The summed E-state index contributed by atoms with van der Waals surface area (Å²) in [6.07, 6.45) is 0. The van der Waals surface area contributed by atoms with Gasteiger partial charge < -0.3 is 24.4 Å². The standard InChI is InChI=1S/C25H23N7O4/c1-3-34-18-8-7-15(13-26)11-19(18)36-24-21-22(28-14-20(33)29-21)30-25(31-24)35-17-6-4-5-16(12-17)23-27-9-10-32(23)2/h4-8,11-12H,3,9-10,14H2,1-2H3,(H,29,33)(H,28,30,31). The smallest absolute Gasteiger partial charge is 0.304 e. The van der Waals surface area contributed by atoms with E-state index < -0.39 is 0 Å². The summed E-state index contributed by atoms with van der Waals surface area (Å²) in [4.78, 5) is 27.4. The molecule has 3 heterocycles. The molecule has 0 saturated carbocycles. The second kappa shape index (κ2) is 9.79. The van der Waals surface area contributed by atoms with Crippen molar-refractivity contribution in [3.63, 3.8) is 0 Å². The number of carbonyl (C=O) groups excluding carboxylic acids is 1. The van der Waals surface area contributed by atoms with E-state index in [1.807, 2.05) is 32.2 Å². The monoisotopic (exact) mass is 485 g/mol. The molecule has 0 atom stereocenters. The minimum absolute atomic E-state index is 0.0441. The highest BCUT2D eigenvalue weighted by Gasteiger charge is 2.29. The molecule has 0 bridgehead atoms. The zero-order valence-electron chi connectivity index (χ0n) is 19.7. The Morgan fingerprint density at radius 3 is 2.78 bits per heavy atom. The SMILES string of the molecule is CCOc1ccc(C#N)cc1OC1=C2NC(=O)CN=C2NC(Oc2cccc(C3=NCCN3C)c2)=N1. The van der Waals surface area contributed by atoms with Crippen LogP contribution in [0.1, 0.15) is 18.1 Å². The molecule has 0 aliphatic carbocycles. The summed E-state index contributed by atoms with van der Waals surface area (Å²) >= 11 is 0. The number of benzene rings is 2. The Labute approximate surface area is 207 Å². The van der Waals surface area contributed by atoms with Gasteiger partial charge in [-0.25, -0.2) is 0 Å². The number of fused-ring (bicyclic) bond motifs is 1. The van der Waals surface area contributed by atoms with Gasteiger partial charge in [0.25, 0.3) is 5.88 Å². The average Bonchev–Trinajstić information content (AvgIpc) is 3.31. The first kappa shape index (κ1) is 22.9. The molecule has 0 saturated heterocycles. The number of nitrogens with one attached hydrogen (secondary N) is 2. The van der Waals surface area contributed by atoms with E-state index in [2.05, 4.69) is 36.6 Å². The van der Waals surface area contributed by atoms with Crippen LogP contribution in [0.25, 0.3) is 0 Å². The Morgan fingerprint density at radius 1 is 1.11 bits per heavy atom. The molecule has 0 unspecified atom stereocenters. The molecule has 5 rings (SSSR count). The molecule has 0 fully saturated rings. The minimum atomic E-state index is -0.304. The van der Waals surface area contributed by atoms with Gasteiger partial charge in [0, 0.05) is 25.2 Å². The molecular weight excluding hydrogens is 462 g/mol. The minimum Gasteiger partial charge on any atom is -0.490 e. The van der Waals surface area contributed by atoms with Crippen molar-refractivity contribution in [3.05, 3.63) is 65.2 Å². The van der Waals surface area contributed by atoms with Crippen LogP contribution in [0.4, 0.5) is 0 Å². The van der Waals surface area contributed by atoms with E-state index in [0.717, 1.165) is 24.5 Å². The maximum Gasteiger partial charge on any atom is 0.304 e. The fourth-order valence-corrected chi connectivity index (χ4v) is 3.82. The maximum atomic E-state index is 12.0. The van der Waals surface area contributed by atoms with Gasteiger partial charge in [-0.2, -0.15) is 10.3 Å². The summed E-state index contributed by atoms with van der Waals surface area (Å²) in [6, 6.07) is 14.5. The van der Waals surface area contributed by atoms with Gasteiger partial charge in [0.05, 0.1) is 24.8 Å². The number of amides is 1. The van der Waals surface area contributed by atoms with Gasteiger partial charge in [0.2, 0.25) is 5.91 Å². The largest absolute Gasteiger partial charge is 0.490 e. The highest BCUT2D eigenvalue weighted by Crippen LogP contribution is 2.31. The van der Waals surface area contributed by atoms with Crippen LogP contribution in [0.5, 0.6) is 17.2 Å². The number of hydrogen-bond acceptors (Lipinski definition) is 10. The van der Waals surface area contributed by atoms with Gasteiger partial charge >= 0.3 is 6.02 Å². The van der Waals surface area contributed by atoms with Gasteiger partial charge in [-0.3, -0.25) is 20.1 Å². The zero-order valence-corrected chi connectivity index (χ0v) is 19.7. The second-order valence-corrected chi connectivity index (χ2v) is 8.00. The number of carbonyl (C=O) groups is 1. The number of ether oxygens (including phenoxy) is 3. The fourth-order valence-electron chi connectivity index (χ4n) is 3.82. The molecule has 0 aromatic heterocycles. The van der Waals surface area contributed by atoms with E-state index in [9.17, 15) is 10.1 Å². The molecule has 0 spiro atoms. The van der Waals surface area contributed by atoms with Crippen LogP contribution in [0.15, 0.2) is 69.0 Å². The van der Waals surface area contributed by atoms with E-state index in [-0.39, 0.29) is 35.8 Å². The predicted octanol–water partition coefficient (Wildman–Crippen LogP) is 1.76. The van der Waals surface area contributed by atoms with E-state index in [0.29, 0.717) is 29.5 Å². The lowest BCUT2D eigenvalue weighted by Gasteiger charge is -2.25. The van der Waals surface area contributed by atoms with E-state index in [1.165, 1.54) is 0 Å². The molecule has 2 N–H and O–H groups in total. The third-order valence-corrected chi connectivity index (χ3v) is 5.47. The fraction of sp³-hybridized carbons (Fsp3) is 0.240. The molecule has 11 heteroatoms. The number of nitriles is 1. The van der Waals surface area contributed by atoms with E-state index in [1.54, 1.807) is 24.3 Å². The van der Waals surface area contributed by atoms with Crippen LogP contribution in [0.2, 0.25) is 0 Å². The number of likely N-dealkylation sites (N-methyl/N-ethyl adjacent to an activating group) is 1. The first-order valence-corrected chi connectivity index (χ1v) is 11.4. The van der Waals surface area contributed by atoms with Gasteiger partial charge in [0.1, 0.15) is 23.8 Å². The third kappa shape index (κ3) is 4.69. The second-order valence-electron chi connectivity index (χ2n) is 8.00. The summed E-state index contributed by atoms with van der Waals surface area (Å²) in [5.41, 5.74) is 1.57. The van der Waals surface area contributed by atoms with Crippen molar-refractivity contribution in [2.75, 3.05) is 33.3 Å². The van der Waals surface area contributed by atoms with Crippen LogP contribution >= 0.6 is 0 Å². The lowest BCUT2D eigenvalue weighted by molar-refractivity contribution is -0.119. The normalized spacial score (nSPS) is 16.6. The molecule has 182 valence electrons. The summed E-state index contributed by atoms with van der Waals surface area (Å²) in [6.45, 7) is 3.80. The van der Waals surface area contributed by atoms with Crippen molar-refractivity contribution < 1.29 is 19.0 Å². The average molecular weight is 486 g/mol. The van der Waals surface area contributed by atoms with Crippen LogP contribution < -0.4 is 24.8 Å². The summed E-state index contributed by atoms with van der Waals surface area (Å²) in [7, 11) is 2.00. The number of nitrogens with zero attached hydrogens (tertiary/aromatic N) is 5. The summed E-state index contributed by atoms with van der Waals surface area (Å²) in [5, 5.41) is 15.1. The van der Waals surface area contributed by atoms with Gasteiger partial charge in [-0.05, 0) is 31.2 Å². The number of aliphatic imine (C=N–C) groups is 3. The Bertz CT molecular complexity index is 1390. The highest BCUT2D eigenvalue weighted by atomic mass is 16.5. The molecule has 3 aliphatic heterocycles.